The maximum Gasteiger partial charge on any atom is 0.252 e. The number of halogens is 1. The van der Waals surface area contributed by atoms with Crippen molar-refractivity contribution in [2.45, 2.75) is 23.5 Å². The number of nitrogens with one attached hydrogen (secondary N) is 1. The fourth-order valence-corrected chi connectivity index (χ4v) is 4.36. The van der Waals surface area contributed by atoms with Gasteiger partial charge in [-0.15, -0.1) is 35.3 Å². The highest BCUT2D eigenvalue weighted by Crippen LogP contribution is 2.26. The van der Waals surface area contributed by atoms with Gasteiger partial charge in [-0.25, -0.2) is 8.42 Å². The average Bonchev–Trinajstić information content (AvgIpc) is 2.91. The number of thiophene rings is 1. The first kappa shape index (κ1) is 19.7. The number of likely N-dealkylation sites (N-methyl/N-ethyl adjacent to an activating group) is 1. The molecular formula is C13H23IN4O2S2. The van der Waals surface area contributed by atoms with Gasteiger partial charge in [0.05, 0.1) is 0 Å². The number of aliphatic imine (C=N–C) groups is 1. The third kappa shape index (κ3) is 5.36. The van der Waals surface area contributed by atoms with Crippen LogP contribution < -0.4 is 11.1 Å². The van der Waals surface area contributed by atoms with Crippen LogP contribution in [-0.4, -0.2) is 45.4 Å². The maximum atomic E-state index is 12.2. The summed E-state index contributed by atoms with van der Waals surface area (Å²) in [5, 5.41) is 4.71. The molecule has 0 aliphatic heterocycles. The van der Waals surface area contributed by atoms with E-state index in [2.05, 4.69) is 10.3 Å². The Kier molecular flexibility index (Phi) is 8.08. The summed E-state index contributed by atoms with van der Waals surface area (Å²) >= 11 is 1.22. The molecule has 0 bridgehead atoms. The SMILES string of the molecule is CN(CCNC(N)=NCC1CCC1)S(=O)(=O)c1cccs1.I. The molecule has 1 aliphatic rings. The van der Waals surface area contributed by atoms with Crippen molar-refractivity contribution in [3.05, 3.63) is 17.5 Å². The maximum absolute atomic E-state index is 12.2. The van der Waals surface area contributed by atoms with Crippen LogP contribution in [0.4, 0.5) is 0 Å². The van der Waals surface area contributed by atoms with Gasteiger partial charge in [-0.2, -0.15) is 4.31 Å². The summed E-state index contributed by atoms with van der Waals surface area (Å²) in [6.07, 6.45) is 3.76. The highest BCUT2D eigenvalue weighted by atomic mass is 127. The van der Waals surface area contributed by atoms with E-state index in [0.29, 0.717) is 29.2 Å². The highest BCUT2D eigenvalue weighted by molar-refractivity contribution is 14.0. The molecule has 1 fully saturated rings. The molecule has 1 saturated carbocycles. The monoisotopic (exact) mass is 458 g/mol. The summed E-state index contributed by atoms with van der Waals surface area (Å²) in [4.78, 5) is 4.27. The lowest BCUT2D eigenvalue weighted by Crippen LogP contribution is -2.39. The van der Waals surface area contributed by atoms with Gasteiger partial charge in [-0.05, 0) is 30.2 Å². The normalized spacial score (nSPS) is 16.2. The summed E-state index contributed by atoms with van der Waals surface area (Å²) < 4.78 is 26.0. The summed E-state index contributed by atoms with van der Waals surface area (Å²) in [5.41, 5.74) is 5.76. The van der Waals surface area contributed by atoms with Gasteiger partial charge in [0.2, 0.25) is 0 Å². The fraction of sp³-hybridized carbons (Fsp3) is 0.615. The van der Waals surface area contributed by atoms with Crippen LogP contribution in [0.25, 0.3) is 0 Å². The molecule has 6 nitrogen and oxygen atoms in total. The summed E-state index contributed by atoms with van der Waals surface area (Å²) in [5.74, 6) is 1.07. The van der Waals surface area contributed by atoms with Crippen molar-refractivity contribution >= 4 is 51.3 Å². The van der Waals surface area contributed by atoms with E-state index < -0.39 is 10.0 Å². The minimum absolute atomic E-state index is 0. The molecule has 2 rings (SSSR count). The second kappa shape index (κ2) is 9.04. The lowest BCUT2D eigenvalue weighted by molar-refractivity contribution is 0.326. The molecule has 0 spiro atoms. The van der Waals surface area contributed by atoms with Gasteiger partial charge in [0.25, 0.3) is 10.0 Å². The molecule has 1 aromatic heterocycles. The zero-order chi connectivity index (χ0) is 15.3. The van der Waals surface area contributed by atoms with Gasteiger partial charge in [-0.3, -0.25) is 4.99 Å². The zero-order valence-electron chi connectivity index (χ0n) is 12.6. The van der Waals surface area contributed by atoms with Gasteiger partial charge in [0.1, 0.15) is 4.21 Å². The van der Waals surface area contributed by atoms with Crippen LogP contribution in [0.5, 0.6) is 0 Å². The van der Waals surface area contributed by atoms with E-state index in [1.807, 2.05) is 0 Å². The van der Waals surface area contributed by atoms with Crippen molar-refractivity contribution in [1.29, 1.82) is 0 Å². The Morgan fingerprint density at radius 2 is 2.27 bits per heavy atom. The van der Waals surface area contributed by atoms with Crippen molar-refractivity contribution in [3.8, 4) is 0 Å². The molecule has 0 saturated heterocycles. The Labute approximate surface area is 153 Å². The van der Waals surface area contributed by atoms with Crippen molar-refractivity contribution in [3.63, 3.8) is 0 Å². The van der Waals surface area contributed by atoms with E-state index in [1.54, 1.807) is 24.6 Å². The summed E-state index contributed by atoms with van der Waals surface area (Å²) in [6, 6.07) is 3.34. The van der Waals surface area contributed by atoms with E-state index in [-0.39, 0.29) is 24.0 Å². The van der Waals surface area contributed by atoms with Crippen molar-refractivity contribution < 1.29 is 8.42 Å². The molecule has 0 atom stereocenters. The predicted molar refractivity (Wildman–Crippen MR) is 101 cm³/mol. The molecule has 1 heterocycles. The molecule has 3 N–H and O–H groups in total. The van der Waals surface area contributed by atoms with Gasteiger partial charge in [0.15, 0.2) is 5.96 Å². The molecule has 0 radical (unpaired) electrons. The molecule has 9 heteroatoms. The number of nitrogens with zero attached hydrogens (tertiary/aromatic N) is 2. The Bertz CT molecular complexity index is 571. The van der Waals surface area contributed by atoms with E-state index in [1.165, 1.54) is 34.9 Å². The molecule has 126 valence electrons. The predicted octanol–water partition coefficient (Wildman–Crippen LogP) is 1.69. The van der Waals surface area contributed by atoms with E-state index >= 15 is 0 Å². The first-order chi connectivity index (χ1) is 10.00. The largest absolute Gasteiger partial charge is 0.370 e. The fourth-order valence-electron chi connectivity index (χ4n) is 1.98. The van der Waals surface area contributed by atoms with Crippen molar-refractivity contribution in [2.24, 2.45) is 16.6 Å². The van der Waals surface area contributed by atoms with Gasteiger partial charge in [-0.1, -0.05) is 12.5 Å². The van der Waals surface area contributed by atoms with Crippen LogP contribution in [-0.2, 0) is 10.0 Å². The number of rotatable bonds is 7. The average molecular weight is 458 g/mol. The molecule has 0 aromatic carbocycles. The number of nitrogens with two attached hydrogens (primary N) is 1. The number of hydrogen-bond donors (Lipinski definition) is 2. The van der Waals surface area contributed by atoms with E-state index in [0.717, 1.165) is 6.54 Å². The Hall–Kier alpha value is -0.390. The second-order valence-electron chi connectivity index (χ2n) is 5.21. The Morgan fingerprint density at radius 3 is 2.82 bits per heavy atom. The first-order valence-corrected chi connectivity index (χ1v) is 9.36. The second-order valence-corrected chi connectivity index (χ2v) is 8.43. The quantitative estimate of drug-likeness (QED) is 0.370. The van der Waals surface area contributed by atoms with Crippen molar-refractivity contribution in [2.75, 3.05) is 26.7 Å². The lowest BCUT2D eigenvalue weighted by atomic mass is 9.86. The number of guanidine groups is 1. The van der Waals surface area contributed by atoms with Crippen LogP contribution in [0, 0.1) is 5.92 Å². The highest BCUT2D eigenvalue weighted by Gasteiger charge is 2.21. The van der Waals surface area contributed by atoms with Gasteiger partial charge >= 0.3 is 0 Å². The number of hydrogen-bond acceptors (Lipinski definition) is 4. The van der Waals surface area contributed by atoms with E-state index in [4.69, 9.17) is 5.73 Å². The summed E-state index contributed by atoms with van der Waals surface area (Å²) in [6.45, 7) is 1.56. The minimum atomic E-state index is -3.38. The Balaban J connectivity index is 0.00000242. The van der Waals surface area contributed by atoms with Crippen LogP contribution in [0.2, 0.25) is 0 Å². The summed E-state index contributed by atoms with van der Waals surface area (Å²) in [7, 11) is -1.82. The van der Waals surface area contributed by atoms with Crippen LogP contribution >= 0.6 is 35.3 Å². The lowest BCUT2D eigenvalue weighted by Gasteiger charge is -2.23. The van der Waals surface area contributed by atoms with Gasteiger partial charge < -0.3 is 11.1 Å². The van der Waals surface area contributed by atoms with Crippen LogP contribution in [0.3, 0.4) is 0 Å². The number of sulfonamides is 1. The minimum Gasteiger partial charge on any atom is -0.370 e. The smallest absolute Gasteiger partial charge is 0.252 e. The van der Waals surface area contributed by atoms with Crippen LogP contribution in [0.1, 0.15) is 19.3 Å². The van der Waals surface area contributed by atoms with Gasteiger partial charge in [0, 0.05) is 26.7 Å². The third-order valence-corrected chi connectivity index (χ3v) is 6.87. The van der Waals surface area contributed by atoms with Crippen molar-refractivity contribution in [1.82, 2.24) is 9.62 Å². The molecular weight excluding hydrogens is 435 g/mol. The van der Waals surface area contributed by atoms with Crippen LogP contribution in [0.15, 0.2) is 26.7 Å². The molecule has 0 amide bonds. The topological polar surface area (TPSA) is 87.8 Å². The molecule has 22 heavy (non-hydrogen) atoms. The molecule has 1 aromatic rings. The third-order valence-electron chi connectivity index (χ3n) is 3.64. The standard InChI is InChI=1S/C13H22N4O2S2.HI/c1-17(21(18,19)12-6-3-9-20-12)8-7-15-13(14)16-10-11-4-2-5-11;/h3,6,9,11H,2,4-5,7-8,10H2,1H3,(H3,14,15,16);1H. The zero-order valence-corrected chi connectivity index (χ0v) is 16.5. The first-order valence-electron chi connectivity index (χ1n) is 7.04. The molecule has 0 unspecified atom stereocenters. The molecule has 1 aliphatic carbocycles. The van der Waals surface area contributed by atoms with E-state index in [9.17, 15) is 8.42 Å². The Morgan fingerprint density at radius 1 is 1.55 bits per heavy atom.